The molecule has 0 bridgehead atoms. The van der Waals surface area contributed by atoms with E-state index in [0.717, 1.165) is 0 Å². The molecule has 2 fully saturated rings. The first kappa shape index (κ1) is 18.0. The van der Waals surface area contributed by atoms with Crippen molar-refractivity contribution in [2.75, 3.05) is 25.0 Å². The van der Waals surface area contributed by atoms with Crippen LogP contribution in [0.5, 0.6) is 0 Å². The minimum Gasteiger partial charge on any atom is -0.330 e. The second-order valence-electron chi connectivity index (χ2n) is 7.06. The van der Waals surface area contributed by atoms with Crippen molar-refractivity contribution in [1.82, 2.24) is 4.90 Å². The molecule has 1 aromatic rings. The number of carbonyl (C=O) groups excluding carboxylic acids is 1. The van der Waals surface area contributed by atoms with Crippen LogP contribution in [0.4, 0.5) is 23.7 Å². The standard InChI is InChI=1S/C18H24F3N3O/c19-18(20,21)16-8-9-24(11-14(16)10-22)17(25)23-15-6-4-13(5-7-15)12-2-1-3-12/h4-7,12,14,16H,1-3,8-11,22H2,(H,23,25). The van der Waals surface area contributed by atoms with Gasteiger partial charge in [-0.15, -0.1) is 0 Å². The van der Waals surface area contributed by atoms with Crippen molar-refractivity contribution >= 4 is 11.7 Å². The van der Waals surface area contributed by atoms with Crippen molar-refractivity contribution in [3.63, 3.8) is 0 Å². The Labute approximate surface area is 145 Å². The lowest BCUT2D eigenvalue weighted by Crippen LogP contribution is -2.51. The molecule has 2 aliphatic rings. The van der Waals surface area contributed by atoms with Crippen molar-refractivity contribution in [3.05, 3.63) is 29.8 Å². The van der Waals surface area contributed by atoms with Crippen molar-refractivity contribution < 1.29 is 18.0 Å². The van der Waals surface area contributed by atoms with E-state index in [1.165, 1.54) is 29.7 Å². The molecule has 1 aliphatic heterocycles. The minimum atomic E-state index is -4.26. The molecule has 1 saturated carbocycles. The van der Waals surface area contributed by atoms with Crippen LogP contribution in [-0.2, 0) is 0 Å². The molecule has 0 aromatic heterocycles. The first-order chi connectivity index (χ1) is 11.9. The molecule has 138 valence electrons. The molecule has 1 saturated heterocycles. The molecule has 2 amide bonds. The van der Waals surface area contributed by atoms with Gasteiger partial charge in [-0.2, -0.15) is 13.2 Å². The number of hydrogen-bond donors (Lipinski definition) is 2. The molecule has 1 aliphatic carbocycles. The van der Waals surface area contributed by atoms with E-state index in [2.05, 4.69) is 5.32 Å². The lowest BCUT2D eigenvalue weighted by atomic mass is 9.80. The van der Waals surface area contributed by atoms with Crippen molar-refractivity contribution in [1.29, 1.82) is 0 Å². The van der Waals surface area contributed by atoms with Gasteiger partial charge in [-0.05, 0) is 49.4 Å². The number of benzene rings is 1. The predicted molar refractivity (Wildman–Crippen MR) is 90.3 cm³/mol. The Morgan fingerprint density at radius 2 is 1.88 bits per heavy atom. The van der Waals surface area contributed by atoms with Crippen LogP contribution in [-0.4, -0.2) is 36.7 Å². The van der Waals surface area contributed by atoms with Gasteiger partial charge in [0.05, 0.1) is 5.92 Å². The quantitative estimate of drug-likeness (QED) is 0.863. The zero-order valence-corrected chi connectivity index (χ0v) is 14.1. The third-order valence-electron chi connectivity index (χ3n) is 5.48. The van der Waals surface area contributed by atoms with Gasteiger partial charge in [0.1, 0.15) is 0 Å². The Bertz CT molecular complexity index is 599. The minimum absolute atomic E-state index is 0.0344. The van der Waals surface area contributed by atoms with Gasteiger partial charge in [-0.1, -0.05) is 18.6 Å². The first-order valence-corrected chi connectivity index (χ1v) is 8.81. The summed E-state index contributed by atoms with van der Waals surface area (Å²) < 4.78 is 39.0. The van der Waals surface area contributed by atoms with Crippen LogP contribution in [0, 0.1) is 11.8 Å². The lowest BCUT2D eigenvalue weighted by molar-refractivity contribution is -0.197. The summed E-state index contributed by atoms with van der Waals surface area (Å²) >= 11 is 0. The Morgan fingerprint density at radius 1 is 1.20 bits per heavy atom. The van der Waals surface area contributed by atoms with Gasteiger partial charge in [-0.25, -0.2) is 4.79 Å². The summed E-state index contributed by atoms with van der Waals surface area (Å²) in [5.74, 6) is -1.56. The van der Waals surface area contributed by atoms with Crippen molar-refractivity contribution in [3.8, 4) is 0 Å². The molecule has 3 rings (SSSR count). The molecule has 4 nitrogen and oxygen atoms in total. The fourth-order valence-electron chi connectivity index (χ4n) is 3.67. The largest absolute Gasteiger partial charge is 0.392 e. The summed E-state index contributed by atoms with van der Waals surface area (Å²) in [7, 11) is 0. The van der Waals surface area contributed by atoms with Gasteiger partial charge >= 0.3 is 12.2 Å². The SMILES string of the molecule is NCC1CN(C(=O)Nc2ccc(C3CCC3)cc2)CCC1C(F)(F)F. The fraction of sp³-hybridized carbons (Fsp3) is 0.611. The maximum absolute atomic E-state index is 13.0. The smallest absolute Gasteiger partial charge is 0.330 e. The lowest BCUT2D eigenvalue weighted by Gasteiger charge is -2.38. The number of nitrogens with two attached hydrogens (primary N) is 1. The van der Waals surface area contributed by atoms with E-state index in [4.69, 9.17) is 5.73 Å². The highest BCUT2D eigenvalue weighted by Gasteiger charge is 2.47. The molecule has 1 heterocycles. The molecular weight excluding hydrogens is 331 g/mol. The molecule has 2 unspecified atom stereocenters. The van der Waals surface area contributed by atoms with Gasteiger partial charge in [-0.3, -0.25) is 0 Å². The van der Waals surface area contributed by atoms with Crippen LogP contribution in [0.15, 0.2) is 24.3 Å². The third kappa shape index (κ3) is 4.08. The number of halogens is 3. The van der Waals surface area contributed by atoms with E-state index in [1.54, 1.807) is 0 Å². The molecule has 0 radical (unpaired) electrons. The van der Waals surface area contributed by atoms with E-state index >= 15 is 0 Å². The number of amides is 2. The van der Waals surface area contributed by atoms with E-state index in [-0.39, 0.29) is 32.1 Å². The van der Waals surface area contributed by atoms with Crippen molar-refractivity contribution in [2.24, 2.45) is 17.6 Å². The van der Waals surface area contributed by atoms with Crippen LogP contribution in [0.2, 0.25) is 0 Å². The summed E-state index contributed by atoms with van der Waals surface area (Å²) in [5, 5.41) is 2.78. The first-order valence-electron chi connectivity index (χ1n) is 8.81. The number of anilines is 1. The zero-order valence-electron chi connectivity index (χ0n) is 14.1. The van der Waals surface area contributed by atoms with Crippen molar-refractivity contribution in [2.45, 2.75) is 37.8 Å². The zero-order chi connectivity index (χ0) is 18.0. The van der Waals surface area contributed by atoms with Gasteiger partial charge < -0.3 is 16.0 Å². The summed E-state index contributed by atoms with van der Waals surface area (Å²) in [6, 6.07) is 7.37. The number of nitrogens with one attached hydrogen (secondary N) is 1. The summed E-state index contributed by atoms with van der Waals surface area (Å²) in [6.45, 7) is 0.0450. The second-order valence-corrected chi connectivity index (χ2v) is 7.06. The summed E-state index contributed by atoms with van der Waals surface area (Å²) in [5.41, 5.74) is 7.45. The number of nitrogens with zero attached hydrogens (tertiary/aromatic N) is 1. The Hall–Kier alpha value is -1.76. The monoisotopic (exact) mass is 355 g/mol. The Balaban J connectivity index is 1.58. The number of hydrogen-bond acceptors (Lipinski definition) is 2. The van der Waals surface area contributed by atoms with Gasteiger partial charge in [0.25, 0.3) is 0 Å². The van der Waals surface area contributed by atoms with Crippen LogP contribution >= 0.6 is 0 Å². The van der Waals surface area contributed by atoms with Gasteiger partial charge in [0, 0.05) is 24.7 Å². The van der Waals surface area contributed by atoms with E-state index in [9.17, 15) is 18.0 Å². The summed E-state index contributed by atoms with van der Waals surface area (Å²) in [6.07, 6.45) is -0.677. The second kappa shape index (κ2) is 7.23. The number of piperidine rings is 1. The number of alkyl halides is 3. The van der Waals surface area contributed by atoms with E-state index < -0.39 is 18.0 Å². The molecule has 1 aromatic carbocycles. The highest BCUT2D eigenvalue weighted by atomic mass is 19.4. The highest BCUT2D eigenvalue weighted by Crippen LogP contribution is 2.38. The summed E-state index contributed by atoms with van der Waals surface area (Å²) in [4.78, 5) is 13.8. The van der Waals surface area contributed by atoms with Gasteiger partial charge in [0.2, 0.25) is 0 Å². The molecule has 0 spiro atoms. The average molecular weight is 355 g/mol. The van der Waals surface area contributed by atoms with Gasteiger partial charge in [0.15, 0.2) is 0 Å². The number of likely N-dealkylation sites (tertiary alicyclic amines) is 1. The normalized spacial score (nSPS) is 24.7. The molecule has 3 N–H and O–H groups in total. The van der Waals surface area contributed by atoms with E-state index in [1.807, 2.05) is 24.3 Å². The average Bonchev–Trinajstić information content (AvgIpc) is 2.53. The highest BCUT2D eigenvalue weighted by molar-refractivity contribution is 5.89. The van der Waals surface area contributed by atoms with Crippen LogP contribution in [0.3, 0.4) is 0 Å². The molecule has 25 heavy (non-hydrogen) atoms. The predicted octanol–water partition coefficient (Wildman–Crippen LogP) is 3.95. The van der Waals surface area contributed by atoms with E-state index in [0.29, 0.717) is 11.6 Å². The third-order valence-corrected chi connectivity index (χ3v) is 5.48. The number of carbonyl (C=O) groups is 1. The topological polar surface area (TPSA) is 58.4 Å². The Kier molecular flexibility index (Phi) is 5.22. The molecular formula is C18H24F3N3O. The van der Waals surface area contributed by atoms with Crippen LogP contribution < -0.4 is 11.1 Å². The molecule has 2 atom stereocenters. The van der Waals surface area contributed by atoms with Crippen LogP contribution in [0.1, 0.15) is 37.2 Å². The van der Waals surface area contributed by atoms with Crippen LogP contribution in [0.25, 0.3) is 0 Å². The fourth-order valence-corrected chi connectivity index (χ4v) is 3.67. The maximum Gasteiger partial charge on any atom is 0.392 e. The Morgan fingerprint density at radius 3 is 2.40 bits per heavy atom. The number of urea groups is 1. The number of rotatable bonds is 3. The maximum atomic E-state index is 13.0. The molecule has 7 heteroatoms.